The molecular formula is C10H16N2O3. The van der Waals surface area contributed by atoms with Crippen LogP contribution in [0.3, 0.4) is 0 Å². The van der Waals surface area contributed by atoms with E-state index in [4.69, 9.17) is 15.2 Å². The molecule has 0 aromatic carbocycles. The van der Waals surface area contributed by atoms with Crippen LogP contribution < -0.4 is 5.73 Å². The van der Waals surface area contributed by atoms with Crippen molar-refractivity contribution in [1.82, 2.24) is 4.57 Å². The van der Waals surface area contributed by atoms with E-state index in [1.165, 1.54) is 0 Å². The summed E-state index contributed by atoms with van der Waals surface area (Å²) in [6, 6.07) is 1.58. The number of ether oxygens (including phenoxy) is 2. The molecule has 0 radical (unpaired) electrons. The number of methoxy groups -OCH3 is 1. The number of nitrogens with zero attached hydrogens (tertiary/aromatic N) is 1. The molecule has 0 aliphatic heterocycles. The molecule has 1 atom stereocenters. The molecule has 0 saturated heterocycles. The average molecular weight is 212 g/mol. The van der Waals surface area contributed by atoms with Crippen LogP contribution in [-0.4, -0.2) is 30.4 Å². The fraction of sp³-hybridized carbons (Fsp3) is 0.500. The van der Waals surface area contributed by atoms with Gasteiger partial charge in [-0.2, -0.15) is 0 Å². The van der Waals surface area contributed by atoms with Gasteiger partial charge in [0.15, 0.2) is 0 Å². The molecule has 0 aliphatic carbocycles. The summed E-state index contributed by atoms with van der Waals surface area (Å²) < 4.78 is 11.6. The third kappa shape index (κ3) is 2.99. The van der Waals surface area contributed by atoms with Crippen molar-refractivity contribution in [3.8, 4) is 0 Å². The third-order valence-electron chi connectivity index (χ3n) is 2.09. The number of aryl methyl sites for hydroxylation is 1. The summed E-state index contributed by atoms with van der Waals surface area (Å²) in [6.07, 6.45) is 1.56. The number of aromatic nitrogens is 1. The Kier molecular flexibility index (Phi) is 3.74. The van der Waals surface area contributed by atoms with E-state index < -0.39 is 5.97 Å². The van der Waals surface area contributed by atoms with Gasteiger partial charge in [-0.05, 0) is 13.0 Å². The number of nitrogen functional groups attached to an aromatic ring is 1. The molecule has 2 N–H and O–H groups in total. The number of rotatable bonds is 4. The first kappa shape index (κ1) is 11.6. The van der Waals surface area contributed by atoms with Gasteiger partial charge in [0.1, 0.15) is 12.3 Å². The van der Waals surface area contributed by atoms with Crippen molar-refractivity contribution < 1.29 is 14.3 Å². The molecule has 15 heavy (non-hydrogen) atoms. The molecule has 0 fully saturated rings. The number of anilines is 1. The quantitative estimate of drug-likeness (QED) is 0.750. The fourth-order valence-corrected chi connectivity index (χ4v) is 1.13. The van der Waals surface area contributed by atoms with Gasteiger partial charge < -0.3 is 19.8 Å². The summed E-state index contributed by atoms with van der Waals surface area (Å²) >= 11 is 0. The first-order chi connectivity index (χ1) is 7.04. The zero-order chi connectivity index (χ0) is 11.4. The highest BCUT2D eigenvalue weighted by Gasteiger charge is 2.13. The first-order valence-corrected chi connectivity index (χ1v) is 4.66. The zero-order valence-corrected chi connectivity index (χ0v) is 9.19. The monoisotopic (exact) mass is 212 g/mol. The first-order valence-electron chi connectivity index (χ1n) is 4.66. The summed E-state index contributed by atoms with van der Waals surface area (Å²) in [4.78, 5) is 11.5. The van der Waals surface area contributed by atoms with Crippen LogP contribution in [0.1, 0.15) is 17.4 Å². The number of carbonyl (C=O) groups is 1. The minimum absolute atomic E-state index is 0.105. The number of carbonyl (C=O) groups excluding carboxylic acids is 1. The highest BCUT2D eigenvalue weighted by Crippen LogP contribution is 2.10. The Morgan fingerprint density at radius 1 is 1.67 bits per heavy atom. The van der Waals surface area contributed by atoms with E-state index in [0.717, 1.165) is 0 Å². The Labute approximate surface area is 88.8 Å². The van der Waals surface area contributed by atoms with Crippen molar-refractivity contribution in [3.05, 3.63) is 18.0 Å². The van der Waals surface area contributed by atoms with E-state index in [9.17, 15) is 4.79 Å². The summed E-state index contributed by atoms with van der Waals surface area (Å²) in [5.41, 5.74) is 6.53. The molecule has 1 aromatic heterocycles. The van der Waals surface area contributed by atoms with Gasteiger partial charge in [0.2, 0.25) is 0 Å². The maximum Gasteiger partial charge on any atom is 0.355 e. The molecule has 0 saturated carbocycles. The van der Waals surface area contributed by atoms with E-state index in [-0.39, 0.29) is 12.7 Å². The molecule has 0 amide bonds. The molecule has 1 unspecified atom stereocenters. The lowest BCUT2D eigenvalue weighted by Crippen LogP contribution is -2.18. The van der Waals surface area contributed by atoms with Crippen LogP contribution in [0.25, 0.3) is 0 Å². The second kappa shape index (κ2) is 4.84. The van der Waals surface area contributed by atoms with Crippen molar-refractivity contribution in [3.63, 3.8) is 0 Å². The maximum atomic E-state index is 11.5. The van der Waals surface area contributed by atoms with E-state index in [1.807, 2.05) is 6.92 Å². The number of esters is 1. The molecule has 0 aliphatic rings. The van der Waals surface area contributed by atoms with Gasteiger partial charge in [-0.1, -0.05) is 0 Å². The van der Waals surface area contributed by atoms with Crippen LogP contribution in [0.4, 0.5) is 5.69 Å². The third-order valence-corrected chi connectivity index (χ3v) is 2.09. The highest BCUT2D eigenvalue weighted by atomic mass is 16.6. The molecule has 5 nitrogen and oxygen atoms in total. The summed E-state index contributed by atoms with van der Waals surface area (Å²) in [5.74, 6) is -0.391. The molecule has 0 bridgehead atoms. The topological polar surface area (TPSA) is 66.5 Å². The smallest absolute Gasteiger partial charge is 0.355 e. The van der Waals surface area contributed by atoms with Gasteiger partial charge in [-0.3, -0.25) is 0 Å². The van der Waals surface area contributed by atoms with Crippen LogP contribution in [0.15, 0.2) is 12.3 Å². The predicted molar refractivity (Wildman–Crippen MR) is 56.6 cm³/mol. The second-order valence-electron chi connectivity index (χ2n) is 3.41. The largest absolute Gasteiger partial charge is 0.458 e. The summed E-state index contributed by atoms with van der Waals surface area (Å²) in [6.45, 7) is 2.06. The van der Waals surface area contributed by atoms with Gasteiger partial charge in [-0.25, -0.2) is 4.79 Å². The van der Waals surface area contributed by atoms with Gasteiger partial charge in [0, 0.05) is 20.4 Å². The Bertz CT molecular complexity index is 346. The Morgan fingerprint density at radius 2 is 2.33 bits per heavy atom. The number of nitrogens with two attached hydrogens (primary N) is 1. The SMILES string of the molecule is COC(C)COC(=O)c1cc(N)cn1C. The van der Waals surface area contributed by atoms with Gasteiger partial charge >= 0.3 is 5.97 Å². The molecule has 1 rings (SSSR count). The molecular weight excluding hydrogens is 196 g/mol. The van der Waals surface area contributed by atoms with E-state index in [1.54, 1.807) is 31.0 Å². The van der Waals surface area contributed by atoms with Crippen molar-refractivity contribution in [2.45, 2.75) is 13.0 Å². The highest BCUT2D eigenvalue weighted by molar-refractivity contribution is 5.89. The summed E-state index contributed by atoms with van der Waals surface area (Å²) in [7, 11) is 3.31. The lowest BCUT2D eigenvalue weighted by Gasteiger charge is -2.10. The second-order valence-corrected chi connectivity index (χ2v) is 3.41. The van der Waals surface area contributed by atoms with E-state index >= 15 is 0 Å². The zero-order valence-electron chi connectivity index (χ0n) is 9.19. The predicted octanol–water partition coefficient (Wildman–Crippen LogP) is 0.799. The van der Waals surface area contributed by atoms with Crippen molar-refractivity contribution in [2.75, 3.05) is 19.5 Å². The lowest BCUT2D eigenvalue weighted by atomic mass is 10.4. The maximum absolute atomic E-state index is 11.5. The normalized spacial score (nSPS) is 12.5. The van der Waals surface area contributed by atoms with Gasteiger partial charge in [0.25, 0.3) is 0 Å². The minimum atomic E-state index is -0.391. The van der Waals surface area contributed by atoms with E-state index in [2.05, 4.69) is 0 Å². The summed E-state index contributed by atoms with van der Waals surface area (Å²) in [5, 5.41) is 0. The van der Waals surface area contributed by atoms with Crippen molar-refractivity contribution >= 4 is 11.7 Å². The Balaban J connectivity index is 2.58. The molecule has 1 heterocycles. The Hall–Kier alpha value is -1.49. The van der Waals surface area contributed by atoms with Crippen LogP contribution in [-0.2, 0) is 16.5 Å². The molecule has 1 aromatic rings. The Morgan fingerprint density at radius 3 is 2.80 bits per heavy atom. The fourth-order valence-electron chi connectivity index (χ4n) is 1.13. The number of hydrogen-bond donors (Lipinski definition) is 1. The number of hydrogen-bond acceptors (Lipinski definition) is 4. The molecule has 5 heteroatoms. The average Bonchev–Trinajstić information content (AvgIpc) is 2.53. The minimum Gasteiger partial charge on any atom is -0.458 e. The van der Waals surface area contributed by atoms with Crippen LogP contribution in [0.5, 0.6) is 0 Å². The van der Waals surface area contributed by atoms with Crippen molar-refractivity contribution in [2.24, 2.45) is 7.05 Å². The molecule has 84 valence electrons. The lowest BCUT2D eigenvalue weighted by molar-refractivity contribution is 0.0161. The van der Waals surface area contributed by atoms with E-state index in [0.29, 0.717) is 11.4 Å². The van der Waals surface area contributed by atoms with Crippen LogP contribution in [0.2, 0.25) is 0 Å². The van der Waals surface area contributed by atoms with Crippen molar-refractivity contribution in [1.29, 1.82) is 0 Å². The standard InChI is InChI=1S/C10H16N2O3/c1-7(14-3)6-15-10(13)9-4-8(11)5-12(9)2/h4-5,7H,6,11H2,1-3H3. The molecule has 0 spiro atoms. The van der Waals surface area contributed by atoms with Gasteiger partial charge in [-0.15, -0.1) is 0 Å². The van der Waals surface area contributed by atoms with Crippen LogP contribution in [0, 0.1) is 0 Å². The van der Waals surface area contributed by atoms with Gasteiger partial charge in [0.05, 0.1) is 11.8 Å². The van der Waals surface area contributed by atoms with Crippen LogP contribution >= 0.6 is 0 Å².